The number of carbonyl (C=O) groups is 2. The summed E-state index contributed by atoms with van der Waals surface area (Å²) in [7, 11) is 1.34. The van der Waals surface area contributed by atoms with Gasteiger partial charge in [-0.15, -0.1) is 11.3 Å². The summed E-state index contributed by atoms with van der Waals surface area (Å²) in [5.41, 5.74) is 4.34. The van der Waals surface area contributed by atoms with Crippen LogP contribution in [-0.4, -0.2) is 24.0 Å². The van der Waals surface area contributed by atoms with Crippen LogP contribution in [0.1, 0.15) is 43.6 Å². The summed E-state index contributed by atoms with van der Waals surface area (Å²) in [6.45, 7) is 5.74. The maximum absolute atomic E-state index is 13.7. The van der Waals surface area contributed by atoms with E-state index in [0.717, 1.165) is 10.4 Å². The van der Waals surface area contributed by atoms with Crippen LogP contribution in [0.5, 0.6) is 0 Å². The number of amides is 1. The van der Waals surface area contributed by atoms with Gasteiger partial charge in [0.2, 0.25) is 0 Å². The molecule has 4 aromatic rings. The van der Waals surface area contributed by atoms with Crippen LogP contribution in [0.15, 0.2) is 42.5 Å². The fraction of sp³-hybridized carbons (Fsp3) is 0.192. The van der Waals surface area contributed by atoms with Crippen LogP contribution >= 0.6 is 34.5 Å². The van der Waals surface area contributed by atoms with Gasteiger partial charge in [0.25, 0.3) is 5.91 Å². The van der Waals surface area contributed by atoms with Gasteiger partial charge >= 0.3 is 5.97 Å². The minimum absolute atomic E-state index is 0.337. The highest BCUT2D eigenvalue weighted by Gasteiger charge is 2.26. The number of para-hydroxylation sites is 1. The molecule has 5 nitrogen and oxygen atoms in total. The predicted molar refractivity (Wildman–Crippen MR) is 140 cm³/mol. The van der Waals surface area contributed by atoms with Crippen LogP contribution in [-0.2, 0) is 11.2 Å². The van der Waals surface area contributed by atoms with Gasteiger partial charge in [-0.2, -0.15) is 0 Å². The molecule has 0 fully saturated rings. The van der Waals surface area contributed by atoms with Crippen LogP contribution in [0.2, 0.25) is 10.0 Å². The van der Waals surface area contributed by atoms with Crippen molar-refractivity contribution in [1.29, 1.82) is 0 Å². The Morgan fingerprint density at radius 3 is 2.50 bits per heavy atom. The van der Waals surface area contributed by atoms with E-state index in [4.69, 9.17) is 32.9 Å². The number of thiophene rings is 1. The van der Waals surface area contributed by atoms with Crippen LogP contribution in [0, 0.1) is 13.8 Å². The number of hydrogen-bond donors (Lipinski definition) is 1. The Morgan fingerprint density at radius 1 is 1.09 bits per heavy atom. The Kier molecular flexibility index (Phi) is 6.94. The first kappa shape index (κ1) is 24.2. The number of benzene rings is 2. The number of nitrogens with zero attached hydrogens (tertiary/aromatic N) is 1. The van der Waals surface area contributed by atoms with Crippen molar-refractivity contribution >= 4 is 62.3 Å². The average Bonchev–Trinajstić information content (AvgIpc) is 3.12. The number of ether oxygens (including phenoxy) is 1. The summed E-state index contributed by atoms with van der Waals surface area (Å²) in [6, 6.07) is 12.6. The second kappa shape index (κ2) is 9.74. The minimum Gasteiger partial charge on any atom is -0.465 e. The zero-order valence-electron chi connectivity index (χ0n) is 19.1. The van der Waals surface area contributed by atoms with Crippen molar-refractivity contribution < 1.29 is 14.3 Å². The molecule has 174 valence electrons. The highest BCUT2D eigenvalue weighted by molar-refractivity contribution is 7.16. The van der Waals surface area contributed by atoms with E-state index in [9.17, 15) is 9.59 Å². The molecule has 0 bridgehead atoms. The molecule has 0 radical (unpaired) electrons. The Bertz CT molecular complexity index is 1450. The third-order valence-corrected chi connectivity index (χ3v) is 7.34. The second-order valence-corrected chi connectivity index (χ2v) is 9.81. The van der Waals surface area contributed by atoms with E-state index < -0.39 is 5.97 Å². The summed E-state index contributed by atoms with van der Waals surface area (Å²) in [5.74, 6) is -0.807. The largest absolute Gasteiger partial charge is 0.465 e. The van der Waals surface area contributed by atoms with Crippen molar-refractivity contribution in [2.45, 2.75) is 27.2 Å². The van der Waals surface area contributed by atoms with E-state index in [1.165, 1.54) is 18.4 Å². The van der Waals surface area contributed by atoms with Gasteiger partial charge in [-0.3, -0.25) is 4.79 Å². The molecule has 34 heavy (non-hydrogen) atoms. The zero-order valence-corrected chi connectivity index (χ0v) is 21.4. The number of rotatable bonds is 5. The highest BCUT2D eigenvalue weighted by atomic mass is 35.5. The molecule has 2 aromatic carbocycles. The van der Waals surface area contributed by atoms with Crippen molar-refractivity contribution in [1.82, 2.24) is 4.98 Å². The normalized spacial score (nSPS) is 11.0. The fourth-order valence-corrected chi connectivity index (χ4v) is 5.75. The lowest BCUT2D eigenvalue weighted by molar-refractivity contribution is 0.0601. The average molecular weight is 513 g/mol. The SMILES string of the molecule is CCc1c(C)sc(NC(=O)c2c(C)c(-c3ccc(Cl)cc3Cl)nc3ccccc23)c1C(=O)OC. The molecule has 2 heterocycles. The first-order valence-corrected chi connectivity index (χ1v) is 12.2. The molecule has 0 atom stereocenters. The van der Waals surface area contributed by atoms with Gasteiger partial charge in [0.05, 0.1) is 34.5 Å². The van der Waals surface area contributed by atoms with Crippen molar-refractivity contribution in [3.8, 4) is 11.3 Å². The zero-order chi connectivity index (χ0) is 24.6. The molecule has 2 aromatic heterocycles. The van der Waals surface area contributed by atoms with Crippen molar-refractivity contribution in [2.75, 3.05) is 12.4 Å². The summed E-state index contributed by atoms with van der Waals surface area (Å²) in [6.07, 6.45) is 0.652. The van der Waals surface area contributed by atoms with E-state index in [1.807, 2.05) is 45.0 Å². The summed E-state index contributed by atoms with van der Waals surface area (Å²) in [4.78, 5) is 32.0. The first-order chi connectivity index (χ1) is 16.3. The number of hydrogen-bond acceptors (Lipinski definition) is 5. The highest BCUT2D eigenvalue weighted by Crippen LogP contribution is 2.37. The number of anilines is 1. The summed E-state index contributed by atoms with van der Waals surface area (Å²) < 4.78 is 4.99. The molecular formula is C26H22Cl2N2O3S. The second-order valence-electron chi connectivity index (χ2n) is 7.74. The maximum Gasteiger partial charge on any atom is 0.341 e. The standard InChI is InChI=1S/C26H22Cl2N2O3S/c1-5-16-14(3)34-25(22(16)26(32)33-4)30-24(31)21-13(2)23(17-11-10-15(27)12-19(17)28)29-20-9-7-6-8-18(20)21/h6-12H,5H2,1-4H3,(H,30,31). The lowest BCUT2D eigenvalue weighted by atomic mass is 9.97. The smallest absolute Gasteiger partial charge is 0.341 e. The molecule has 0 unspecified atom stereocenters. The van der Waals surface area contributed by atoms with Gasteiger partial charge in [0.15, 0.2) is 0 Å². The number of fused-ring (bicyclic) bond motifs is 1. The van der Waals surface area contributed by atoms with Crippen molar-refractivity contribution in [2.24, 2.45) is 0 Å². The molecular weight excluding hydrogens is 491 g/mol. The van der Waals surface area contributed by atoms with E-state index in [2.05, 4.69) is 5.32 Å². The van der Waals surface area contributed by atoms with Crippen LogP contribution < -0.4 is 5.32 Å². The molecule has 0 spiro atoms. The number of esters is 1. The third-order valence-electron chi connectivity index (χ3n) is 5.73. The molecule has 8 heteroatoms. The number of halogens is 2. The van der Waals surface area contributed by atoms with Crippen LogP contribution in [0.25, 0.3) is 22.2 Å². The van der Waals surface area contributed by atoms with E-state index in [-0.39, 0.29) is 5.91 Å². The van der Waals surface area contributed by atoms with Crippen molar-refractivity contribution in [3.63, 3.8) is 0 Å². The maximum atomic E-state index is 13.7. The molecule has 1 N–H and O–H groups in total. The number of carbonyl (C=O) groups excluding carboxylic acids is 2. The van der Waals surface area contributed by atoms with Crippen LogP contribution in [0.3, 0.4) is 0 Å². The monoisotopic (exact) mass is 512 g/mol. The van der Waals surface area contributed by atoms with E-state index >= 15 is 0 Å². The Balaban J connectivity index is 1.89. The molecule has 4 rings (SSSR count). The van der Waals surface area contributed by atoms with Gasteiger partial charge in [-0.05, 0) is 55.7 Å². The van der Waals surface area contributed by atoms with Gasteiger partial charge in [0.1, 0.15) is 5.00 Å². The number of methoxy groups -OCH3 is 1. The van der Waals surface area contributed by atoms with Gasteiger partial charge in [-0.1, -0.05) is 48.3 Å². The molecule has 0 aliphatic carbocycles. The number of aryl methyl sites for hydroxylation is 1. The fourth-order valence-electron chi connectivity index (χ4n) is 4.12. The summed E-state index contributed by atoms with van der Waals surface area (Å²) in [5, 5.41) is 5.10. The minimum atomic E-state index is -0.471. The number of pyridine rings is 1. The predicted octanol–water partition coefficient (Wildman–Crippen LogP) is 7.49. The van der Waals surface area contributed by atoms with Crippen molar-refractivity contribution in [3.05, 3.63) is 79.6 Å². The van der Waals surface area contributed by atoms with E-state index in [0.29, 0.717) is 60.3 Å². The molecule has 1 amide bonds. The molecule has 0 saturated heterocycles. The molecule has 0 saturated carbocycles. The quantitative estimate of drug-likeness (QED) is 0.281. The number of aromatic nitrogens is 1. The Morgan fingerprint density at radius 2 is 1.82 bits per heavy atom. The summed E-state index contributed by atoms with van der Waals surface area (Å²) >= 11 is 13.9. The van der Waals surface area contributed by atoms with Gasteiger partial charge in [-0.25, -0.2) is 9.78 Å². The number of nitrogens with one attached hydrogen (secondary N) is 1. The molecule has 0 aliphatic rings. The Labute approximate surface area is 211 Å². The van der Waals surface area contributed by atoms with Gasteiger partial charge < -0.3 is 10.1 Å². The third kappa shape index (κ3) is 4.29. The first-order valence-electron chi connectivity index (χ1n) is 10.6. The van der Waals surface area contributed by atoms with E-state index in [1.54, 1.807) is 18.2 Å². The van der Waals surface area contributed by atoms with Crippen LogP contribution in [0.4, 0.5) is 5.00 Å². The Hall–Kier alpha value is -2.93. The van der Waals surface area contributed by atoms with Gasteiger partial charge in [0, 0.05) is 20.8 Å². The molecule has 0 aliphatic heterocycles. The lowest BCUT2D eigenvalue weighted by Crippen LogP contribution is -2.17. The topological polar surface area (TPSA) is 68.3 Å². The lowest BCUT2D eigenvalue weighted by Gasteiger charge is -2.16.